The van der Waals surface area contributed by atoms with Gasteiger partial charge in [0, 0.05) is 5.56 Å². The van der Waals surface area contributed by atoms with Crippen LogP contribution in [0.25, 0.3) is 0 Å². The molecule has 2 rings (SSSR count). The Morgan fingerprint density at radius 2 is 2.22 bits per heavy atom. The van der Waals surface area contributed by atoms with Crippen LogP contribution in [0.15, 0.2) is 34.5 Å². The Kier molecular flexibility index (Phi) is 6.12. The Morgan fingerprint density at radius 1 is 1.43 bits per heavy atom. The fourth-order valence-corrected chi connectivity index (χ4v) is 2.68. The molecule has 8 nitrogen and oxygen atoms in total. The van der Waals surface area contributed by atoms with E-state index >= 15 is 0 Å². The van der Waals surface area contributed by atoms with Gasteiger partial charge in [-0.2, -0.15) is 5.10 Å². The summed E-state index contributed by atoms with van der Waals surface area (Å²) in [5, 5.41) is 27.3. The summed E-state index contributed by atoms with van der Waals surface area (Å²) in [6.45, 7) is 0.0730. The second-order valence-electron chi connectivity index (χ2n) is 4.45. The van der Waals surface area contributed by atoms with E-state index in [0.29, 0.717) is 11.3 Å². The topological polar surface area (TPSA) is 121 Å². The number of rotatable bonds is 7. The van der Waals surface area contributed by atoms with Gasteiger partial charge in [0.25, 0.3) is 0 Å². The molecule has 0 saturated carbocycles. The van der Waals surface area contributed by atoms with E-state index < -0.39 is 17.1 Å². The van der Waals surface area contributed by atoms with Crippen LogP contribution in [0.2, 0.25) is 0 Å². The summed E-state index contributed by atoms with van der Waals surface area (Å²) in [6, 6.07) is 7.10. The van der Waals surface area contributed by atoms with Crippen LogP contribution < -0.4 is 10.1 Å². The van der Waals surface area contributed by atoms with E-state index in [2.05, 4.69) is 15.5 Å². The number of hydrogen-bond donors (Lipinski definition) is 3. The molecule has 1 aromatic rings. The van der Waals surface area contributed by atoms with Crippen LogP contribution >= 0.6 is 11.8 Å². The number of aliphatic hydroxyl groups is 1. The molecule has 0 spiro atoms. The standard InChI is InChI=1S/C14H15N3O5S/c18-5-6-22-10-4-2-1-3-9(10)8-15-17-14-16-13(21)11(23-14)7-12(19)20/h1-4,8,11,18H,5-7H2,(H,19,20)(H,16,17,21). The maximum Gasteiger partial charge on any atom is 0.305 e. The number of nitrogens with one attached hydrogen (secondary N) is 1. The molecule has 1 saturated heterocycles. The number of amides is 1. The van der Waals surface area contributed by atoms with E-state index in [-0.39, 0.29) is 24.8 Å². The number of carboxylic acid groups (broad SMARTS) is 1. The van der Waals surface area contributed by atoms with Crippen molar-refractivity contribution >= 4 is 35.0 Å². The van der Waals surface area contributed by atoms with E-state index in [0.717, 1.165) is 11.8 Å². The smallest absolute Gasteiger partial charge is 0.305 e. The van der Waals surface area contributed by atoms with Crippen LogP contribution in [0.5, 0.6) is 5.75 Å². The van der Waals surface area contributed by atoms with Crippen molar-refractivity contribution in [3.63, 3.8) is 0 Å². The molecule has 1 fully saturated rings. The lowest BCUT2D eigenvalue weighted by Crippen LogP contribution is -2.26. The van der Waals surface area contributed by atoms with Crippen LogP contribution in [-0.2, 0) is 9.59 Å². The fourth-order valence-electron chi connectivity index (χ4n) is 1.76. The maximum absolute atomic E-state index is 11.6. The van der Waals surface area contributed by atoms with E-state index in [1.807, 2.05) is 0 Å². The molecule has 1 aliphatic rings. The first kappa shape index (κ1) is 17.0. The van der Waals surface area contributed by atoms with Crippen LogP contribution in [0.1, 0.15) is 12.0 Å². The first-order valence-corrected chi connectivity index (χ1v) is 7.61. The van der Waals surface area contributed by atoms with Gasteiger partial charge in [-0.15, -0.1) is 5.10 Å². The van der Waals surface area contributed by atoms with Gasteiger partial charge < -0.3 is 20.3 Å². The highest BCUT2D eigenvalue weighted by atomic mass is 32.2. The summed E-state index contributed by atoms with van der Waals surface area (Å²) in [4.78, 5) is 22.2. The average molecular weight is 337 g/mol. The minimum atomic E-state index is -1.04. The second-order valence-corrected chi connectivity index (χ2v) is 5.64. The van der Waals surface area contributed by atoms with Gasteiger partial charge in [0.1, 0.15) is 17.6 Å². The molecule has 0 radical (unpaired) electrons. The Morgan fingerprint density at radius 3 is 2.96 bits per heavy atom. The number of hydrogen-bond acceptors (Lipinski definition) is 7. The van der Waals surface area contributed by atoms with Crippen LogP contribution in [-0.4, -0.2) is 51.9 Å². The predicted octanol–water partition coefficient (Wildman–Crippen LogP) is 0.454. The molecule has 1 unspecified atom stereocenters. The Hall–Kier alpha value is -2.39. The molecular formula is C14H15N3O5S. The van der Waals surface area contributed by atoms with E-state index in [4.69, 9.17) is 14.9 Å². The van der Waals surface area contributed by atoms with Crippen molar-refractivity contribution in [2.75, 3.05) is 13.2 Å². The third kappa shape index (κ3) is 5.08. The molecule has 0 bridgehead atoms. The maximum atomic E-state index is 11.6. The van der Waals surface area contributed by atoms with Crippen LogP contribution in [0, 0.1) is 0 Å². The van der Waals surface area contributed by atoms with Crippen LogP contribution in [0.4, 0.5) is 0 Å². The molecule has 1 heterocycles. The van der Waals surface area contributed by atoms with E-state index in [1.54, 1.807) is 24.3 Å². The van der Waals surface area contributed by atoms with E-state index in [1.165, 1.54) is 6.21 Å². The molecule has 1 amide bonds. The molecule has 23 heavy (non-hydrogen) atoms. The molecule has 9 heteroatoms. The first-order valence-electron chi connectivity index (χ1n) is 6.73. The lowest BCUT2D eigenvalue weighted by atomic mass is 10.2. The number of carboxylic acids is 1. The lowest BCUT2D eigenvalue weighted by molar-refractivity contribution is -0.138. The minimum absolute atomic E-state index is 0.0958. The largest absolute Gasteiger partial charge is 0.491 e. The highest BCUT2D eigenvalue weighted by molar-refractivity contribution is 8.15. The van der Waals surface area contributed by atoms with Gasteiger partial charge in [0.05, 0.1) is 19.2 Å². The van der Waals surface area contributed by atoms with Crippen molar-refractivity contribution in [2.24, 2.45) is 10.2 Å². The van der Waals surface area contributed by atoms with E-state index in [9.17, 15) is 9.59 Å². The third-order valence-electron chi connectivity index (χ3n) is 2.75. The highest BCUT2D eigenvalue weighted by Gasteiger charge is 2.32. The minimum Gasteiger partial charge on any atom is -0.491 e. The van der Waals surface area contributed by atoms with Crippen molar-refractivity contribution < 1.29 is 24.5 Å². The predicted molar refractivity (Wildman–Crippen MR) is 85.8 cm³/mol. The van der Waals surface area contributed by atoms with Crippen LogP contribution in [0.3, 0.4) is 0 Å². The van der Waals surface area contributed by atoms with Crippen molar-refractivity contribution in [1.29, 1.82) is 0 Å². The van der Waals surface area contributed by atoms with Gasteiger partial charge in [-0.3, -0.25) is 9.59 Å². The number of ether oxygens (including phenoxy) is 1. The van der Waals surface area contributed by atoms with Gasteiger partial charge in [-0.05, 0) is 12.1 Å². The number of amidine groups is 1. The lowest BCUT2D eigenvalue weighted by Gasteiger charge is -2.06. The van der Waals surface area contributed by atoms with Gasteiger partial charge >= 0.3 is 5.97 Å². The van der Waals surface area contributed by atoms with Crippen molar-refractivity contribution in [3.8, 4) is 5.75 Å². The zero-order valence-electron chi connectivity index (χ0n) is 12.0. The van der Waals surface area contributed by atoms with Crippen molar-refractivity contribution in [3.05, 3.63) is 29.8 Å². The summed E-state index contributed by atoms with van der Waals surface area (Å²) in [5.41, 5.74) is 0.668. The number of carbonyl (C=O) groups excluding carboxylic acids is 1. The molecule has 3 N–H and O–H groups in total. The molecule has 1 aliphatic heterocycles. The first-order chi connectivity index (χ1) is 11.1. The molecule has 1 aromatic carbocycles. The summed E-state index contributed by atoms with van der Waals surface area (Å²) < 4.78 is 5.36. The number of aliphatic carboxylic acids is 1. The molecular weight excluding hydrogens is 322 g/mol. The van der Waals surface area contributed by atoms with Crippen molar-refractivity contribution in [1.82, 2.24) is 5.32 Å². The Bertz CT molecular complexity index is 647. The summed E-state index contributed by atoms with van der Waals surface area (Å²) in [5.74, 6) is -0.882. The van der Waals surface area contributed by atoms with Gasteiger partial charge in [-0.25, -0.2) is 0 Å². The van der Waals surface area contributed by atoms with Gasteiger partial charge in [0.2, 0.25) is 5.91 Å². The summed E-state index contributed by atoms with van der Waals surface area (Å²) in [7, 11) is 0. The van der Waals surface area contributed by atoms with Gasteiger partial charge in [-0.1, -0.05) is 23.9 Å². The number of benzene rings is 1. The summed E-state index contributed by atoms with van der Waals surface area (Å²) in [6.07, 6.45) is 1.19. The molecule has 1 atom stereocenters. The third-order valence-corrected chi connectivity index (χ3v) is 3.82. The van der Waals surface area contributed by atoms with Crippen molar-refractivity contribution in [2.45, 2.75) is 11.7 Å². The zero-order chi connectivity index (χ0) is 16.7. The normalized spacial score (nSPS) is 19.3. The monoisotopic (exact) mass is 337 g/mol. The Balaban J connectivity index is 2.01. The number of aliphatic hydroxyl groups excluding tert-OH is 1. The Labute approximate surface area is 136 Å². The molecule has 122 valence electrons. The SMILES string of the molecule is O=C(O)CC1SC(=NN=Cc2ccccc2OCCO)NC1=O. The number of carbonyl (C=O) groups is 2. The highest BCUT2D eigenvalue weighted by Crippen LogP contribution is 2.22. The quantitative estimate of drug-likeness (QED) is 0.491. The number of thioether (sulfide) groups is 1. The average Bonchev–Trinajstić information content (AvgIpc) is 2.85. The number of nitrogens with zero attached hydrogens (tertiary/aromatic N) is 2. The van der Waals surface area contributed by atoms with Gasteiger partial charge in [0.15, 0.2) is 5.17 Å². The number of para-hydroxylation sites is 1. The summed E-state index contributed by atoms with van der Waals surface area (Å²) >= 11 is 1.03. The zero-order valence-corrected chi connectivity index (χ0v) is 12.8. The second kappa shape index (κ2) is 8.30. The molecule has 0 aliphatic carbocycles. The fraction of sp³-hybridized carbons (Fsp3) is 0.286. The molecule has 0 aromatic heterocycles.